The molecule has 4 aliphatic rings. The Labute approximate surface area is 733 Å². The van der Waals surface area contributed by atoms with Gasteiger partial charge in [0.25, 0.3) is 59.1 Å². The van der Waals surface area contributed by atoms with E-state index in [1.165, 1.54) is 32.2 Å². The maximum atomic E-state index is 13.3. The molecule has 120 heavy (non-hydrogen) atoms. The molecule has 0 fully saturated rings. The summed E-state index contributed by atoms with van der Waals surface area (Å²) in [4.78, 5) is 93.9. The second-order valence-corrected chi connectivity index (χ2v) is 29.4. The Morgan fingerprint density at radius 1 is 0.350 bits per heavy atom. The van der Waals surface area contributed by atoms with Crippen LogP contribution in [0.3, 0.4) is 0 Å². The SMILES string of the molecule is C.Cc1cc(C(=O)Nc2c(C)cc(Cl)cc2C2=NOCCO2)n(-c2ncccn2)n1.Cc1cc(C(=O)Nc2c(Cl)cc(Cl)cc2C2=NOCCO2)n(-c2c(Cl)cccc2Cl)n1.Cc1cc(C(=O)Nc2c(Cl)cc(Cl)cc2C2=NOCCO2)n(-c2ncccc2Cl)c1.Cc1cc(C(=O)Nc2c(Cl)cc(Cl)cc2C2=NOCCO2)n(-c2ncccn2)n1. The number of hydrogen-bond donors (Lipinski definition) is 4. The number of amides is 4. The van der Waals surface area contributed by atoms with Crippen LogP contribution in [-0.2, 0) is 38.3 Å². The molecule has 0 radical (unpaired) electrons. The molecule has 7 aromatic heterocycles. The van der Waals surface area contributed by atoms with Gasteiger partial charge < -0.3 is 59.6 Å². The molecule has 4 aliphatic heterocycles. The summed E-state index contributed by atoms with van der Waals surface area (Å²) in [5.74, 6) is -0.0118. The minimum Gasteiger partial charge on any atom is -0.471 e. The summed E-state index contributed by atoms with van der Waals surface area (Å²) in [6, 6.07) is 31.1. The van der Waals surface area contributed by atoms with E-state index in [0.717, 1.165) is 11.1 Å². The Balaban J connectivity index is 0.000000146. The fourth-order valence-corrected chi connectivity index (χ4v) is 14.2. The number of anilines is 4. The number of aromatic nitrogens is 12. The Bertz CT molecular complexity index is 5810. The predicted octanol–water partition coefficient (Wildman–Crippen LogP) is 17.6. The van der Waals surface area contributed by atoms with Crippen LogP contribution in [0.4, 0.5) is 22.7 Å². The van der Waals surface area contributed by atoms with E-state index in [4.69, 9.17) is 154 Å². The van der Waals surface area contributed by atoms with Crippen LogP contribution < -0.4 is 21.3 Å². The number of halogens is 10. The van der Waals surface area contributed by atoms with Crippen LogP contribution >= 0.6 is 116 Å². The topological polar surface area (TPSA) is 363 Å². The van der Waals surface area contributed by atoms with E-state index in [0.29, 0.717) is 162 Å². The molecule has 0 saturated heterocycles. The van der Waals surface area contributed by atoms with Crippen LogP contribution in [-0.4, -0.2) is 159 Å². The first-order valence-electron chi connectivity index (χ1n) is 35.2. The summed E-state index contributed by atoms with van der Waals surface area (Å²) in [5.41, 5.74) is 7.99. The minimum atomic E-state index is -0.501. The summed E-state index contributed by atoms with van der Waals surface area (Å²) in [6.07, 6.45) is 9.67. The van der Waals surface area contributed by atoms with Gasteiger partial charge in [-0.2, -0.15) is 24.7 Å². The molecule has 5 aromatic carbocycles. The van der Waals surface area contributed by atoms with Crippen LogP contribution in [0.2, 0.25) is 50.2 Å². The fraction of sp³-hybridized carbons (Fsp3) is 0.179. The first-order valence-corrected chi connectivity index (χ1v) is 39.0. The molecule has 11 heterocycles. The molecular weight excluding hydrogens is 1760 g/mol. The molecule has 4 N–H and O–H groups in total. The second kappa shape index (κ2) is 39.8. The molecule has 42 heteroatoms. The Kier molecular flexibility index (Phi) is 29.0. The van der Waals surface area contributed by atoms with Crippen molar-refractivity contribution in [3.05, 3.63) is 276 Å². The summed E-state index contributed by atoms with van der Waals surface area (Å²) in [6.45, 7) is 11.6. The number of benzene rings is 5. The van der Waals surface area contributed by atoms with Crippen molar-refractivity contribution >= 4 is 186 Å². The van der Waals surface area contributed by atoms with Crippen LogP contribution in [0.5, 0.6) is 0 Å². The monoisotopic (exact) mass is 1820 g/mol. The van der Waals surface area contributed by atoms with Crippen LogP contribution in [0.15, 0.2) is 173 Å². The number of aryl methyl sites for hydroxylation is 5. The van der Waals surface area contributed by atoms with Gasteiger partial charge in [0.1, 0.15) is 54.9 Å². The van der Waals surface area contributed by atoms with E-state index < -0.39 is 17.7 Å². The van der Waals surface area contributed by atoms with Gasteiger partial charge in [0, 0.05) is 57.3 Å². The largest absolute Gasteiger partial charge is 0.471 e. The van der Waals surface area contributed by atoms with Gasteiger partial charge in [-0.05, 0) is 176 Å². The molecule has 0 aliphatic carbocycles. The first kappa shape index (κ1) is 87.5. The van der Waals surface area contributed by atoms with E-state index in [1.54, 1.807) is 160 Å². The smallest absolute Gasteiger partial charge is 0.274 e. The van der Waals surface area contributed by atoms with Gasteiger partial charge >= 0.3 is 0 Å². The zero-order valence-corrected chi connectivity index (χ0v) is 70.0. The molecule has 0 spiro atoms. The van der Waals surface area contributed by atoms with Crippen molar-refractivity contribution < 1.29 is 57.5 Å². The van der Waals surface area contributed by atoms with Gasteiger partial charge in [0.05, 0.1) is 92.2 Å². The van der Waals surface area contributed by atoms with Gasteiger partial charge in [-0.15, -0.1) is 0 Å². The lowest BCUT2D eigenvalue weighted by Gasteiger charge is -2.18. The lowest BCUT2D eigenvalue weighted by Crippen LogP contribution is -2.23. The quantitative estimate of drug-likeness (QED) is 0.0698. The molecule has 4 amide bonds. The van der Waals surface area contributed by atoms with E-state index >= 15 is 0 Å². The summed E-state index contributed by atoms with van der Waals surface area (Å²) < 4.78 is 27.9. The molecular formula is C78H64Cl10N20O12. The Morgan fingerprint density at radius 3 is 1.06 bits per heavy atom. The highest BCUT2D eigenvalue weighted by Crippen LogP contribution is 2.38. The highest BCUT2D eigenvalue weighted by atomic mass is 35.5. The summed E-state index contributed by atoms with van der Waals surface area (Å²) in [5, 5.41) is 43.2. The van der Waals surface area contributed by atoms with Gasteiger partial charge in [-0.1, -0.05) is 130 Å². The van der Waals surface area contributed by atoms with Crippen molar-refractivity contribution in [3.63, 3.8) is 0 Å². The van der Waals surface area contributed by atoms with E-state index in [-0.39, 0.29) is 86.4 Å². The number of pyridine rings is 1. The molecule has 0 saturated carbocycles. The number of para-hydroxylation sites is 1. The molecule has 0 unspecified atom stereocenters. The van der Waals surface area contributed by atoms with Crippen LogP contribution in [0.25, 0.3) is 23.4 Å². The van der Waals surface area contributed by atoms with Crippen molar-refractivity contribution in [2.24, 2.45) is 20.6 Å². The number of carbonyl (C=O) groups excluding carboxylic acids is 4. The molecule has 0 atom stereocenters. The van der Waals surface area contributed by atoms with Gasteiger partial charge in [0.15, 0.2) is 32.2 Å². The lowest BCUT2D eigenvalue weighted by molar-refractivity contribution is 0.0656. The number of hydrogen-bond acceptors (Lipinski definition) is 24. The standard InChI is InChI=1S/C20H14Cl4N4O3.C20H15Cl3N4O3.C19H17ClN6O3.C18H14Cl2N6O3.CH4/c1-10-7-16(28(26-10)18-13(22)3-2-4-14(18)23)19(29)25-17-12(8-11(21)9-15(17)24)20-27-31-6-5-30-20;1-11-7-16(27(10-11)18-14(22)3-2-4-24-18)19(28)25-17-13(8-12(21)9-15(17)23)20-26-30-6-5-29-20;1-11-8-13(20)10-14(18-25-29-7-6-28-18)16(11)23-17(27)15-9-12(2)24-26(15)19-21-4-3-5-22-19;1-10-7-14(26(24-10)18-21-3-2-4-22-18)16(27)23-15-12(8-11(19)9-13(15)20)17-25-29-6-5-28-17;/h2-4,7-9H,5-6H2,1H3,(H,25,29);2-4,7-10H,5-6H2,1H3,(H,25,28);3-5,8-10H,6-7H2,1-2H3,(H,23,27);2-4,7-9H,5-6H2,1H3,(H,23,27);1H4. The molecule has 12 aromatic rings. The van der Waals surface area contributed by atoms with Crippen molar-refractivity contribution in [1.29, 1.82) is 0 Å². The Hall–Kier alpha value is -11.8. The zero-order valence-electron chi connectivity index (χ0n) is 62.4. The fourth-order valence-electron chi connectivity index (χ4n) is 11.6. The lowest BCUT2D eigenvalue weighted by atomic mass is 10.1. The third kappa shape index (κ3) is 20.9. The Morgan fingerprint density at radius 2 is 0.683 bits per heavy atom. The third-order valence-electron chi connectivity index (χ3n) is 16.6. The van der Waals surface area contributed by atoms with Crippen molar-refractivity contribution in [1.82, 2.24) is 58.8 Å². The highest BCUT2D eigenvalue weighted by molar-refractivity contribution is 6.41. The van der Waals surface area contributed by atoms with Crippen molar-refractivity contribution in [2.45, 2.75) is 42.0 Å². The number of carbonyl (C=O) groups is 4. The normalized spacial score (nSPS) is 13.2. The van der Waals surface area contributed by atoms with E-state index in [9.17, 15) is 19.2 Å². The molecule has 618 valence electrons. The predicted molar refractivity (Wildman–Crippen MR) is 457 cm³/mol. The highest BCUT2D eigenvalue weighted by Gasteiger charge is 2.30. The zero-order chi connectivity index (χ0) is 84.1. The number of rotatable bonds is 16. The van der Waals surface area contributed by atoms with Crippen molar-refractivity contribution in [2.75, 3.05) is 74.1 Å². The summed E-state index contributed by atoms with van der Waals surface area (Å²) >= 11 is 62.7. The number of nitrogens with one attached hydrogen (secondary N) is 4. The minimum absolute atomic E-state index is 0. The second-order valence-electron chi connectivity index (χ2n) is 25.2. The third-order valence-corrected chi connectivity index (χ3v) is 19.2. The van der Waals surface area contributed by atoms with Crippen LogP contribution in [0.1, 0.15) is 99.8 Å². The number of ether oxygens (including phenoxy) is 4. The van der Waals surface area contributed by atoms with E-state index in [1.807, 2.05) is 13.8 Å². The van der Waals surface area contributed by atoms with Crippen LogP contribution in [0, 0.1) is 34.6 Å². The van der Waals surface area contributed by atoms with Gasteiger partial charge in [-0.25, -0.2) is 29.6 Å². The first-order chi connectivity index (χ1) is 57.3. The average molecular weight is 1830 g/mol. The molecule has 32 nitrogen and oxygen atoms in total. The summed E-state index contributed by atoms with van der Waals surface area (Å²) in [7, 11) is 0. The van der Waals surface area contributed by atoms with E-state index in [2.05, 4.69) is 82.1 Å². The maximum Gasteiger partial charge on any atom is 0.274 e. The molecule has 0 bridgehead atoms. The van der Waals surface area contributed by atoms with Crippen molar-refractivity contribution in [3.8, 4) is 23.4 Å². The number of nitrogens with zero attached hydrogens (tertiary/aromatic N) is 16. The maximum absolute atomic E-state index is 13.3. The molecule has 16 rings (SSSR count). The van der Waals surface area contributed by atoms with Gasteiger partial charge in [-0.3, -0.25) is 23.7 Å². The van der Waals surface area contributed by atoms with Gasteiger partial charge in [0.2, 0.25) is 0 Å². The average Bonchev–Trinajstić information content (AvgIpc) is 1.55. The number of oxime groups is 4.